The number of guanidine groups is 1. The normalized spacial score (nSPS) is 11.8. The molecule has 0 aromatic heterocycles. The van der Waals surface area contributed by atoms with Crippen LogP contribution in [-0.4, -0.2) is 32.4 Å². The minimum absolute atomic E-state index is 0.168. The predicted molar refractivity (Wildman–Crippen MR) is 103 cm³/mol. The fraction of sp³-hybridized carbons (Fsp3) is 0.350. The average Bonchev–Trinajstić information content (AvgIpc) is 2.69. The van der Waals surface area contributed by atoms with Gasteiger partial charge in [0, 0.05) is 13.1 Å². The van der Waals surface area contributed by atoms with Crippen LogP contribution in [0.2, 0.25) is 0 Å². The number of hydrogen-bond acceptors (Lipinski definition) is 3. The first-order valence-electron chi connectivity index (χ1n) is 8.83. The molecule has 0 atom stereocenters. The molecule has 0 saturated carbocycles. The van der Waals surface area contributed by atoms with Crippen molar-refractivity contribution in [2.45, 2.75) is 26.2 Å². The molecule has 0 aliphatic rings. The highest BCUT2D eigenvalue weighted by molar-refractivity contribution is 5.79. The number of halogens is 3. The molecule has 2 rings (SSSR count). The Balaban J connectivity index is 1.95. The molecule has 5 nitrogen and oxygen atoms in total. The number of nitrogens with zero attached hydrogens (tertiary/aromatic N) is 1. The topological polar surface area (TPSA) is 54.9 Å². The Morgan fingerprint density at radius 2 is 1.75 bits per heavy atom. The molecule has 0 spiro atoms. The molecule has 0 aliphatic heterocycles. The molecule has 0 fully saturated rings. The summed E-state index contributed by atoms with van der Waals surface area (Å²) < 4.78 is 46.7. The van der Waals surface area contributed by atoms with E-state index in [9.17, 15) is 13.2 Å². The molecule has 0 aliphatic carbocycles. The molecule has 152 valence electrons. The molecule has 0 radical (unpaired) electrons. The first-order valence-corrected chi connectivity index (χ1v) is 8.83. The lowest BCUT2D eigenvalue weighted by Gasteiger charge is -2.12. The molecule has 28 heavy (non-hydrogen) atoms. The van der Waals surface area contributed by atoms with E-state index < -0.39 is 12.8 Å². The fourth-order valence-corrected chi connectivity index (χ4v) is 2.34. The van der Waals surface area contributed by atoms with Gasteiger partial charge in [-0.3, -0.25) is 0 Å². The summed E-state index contributed by atoms with van der Waals surface area (Å²) >= 11 is 0. The van der Waals surface area contributed by atoms with Gasteiger partial charge in [-0.2, -0.15) is 13.2 Å². The highest BCUT2D eigenvalue weighted by atomic mass is 19.4. The van der Waals surface area contributed by atoms with Gasteiger partial charge in [-0.05, 0) is 42.3 Å². The van der Waals surface area contributed by atoms with Crippen LogP contribution in [0.5, 0.6) is 11.5 Å². The number of ether oxygens (including phenoxy) is 2. The fourth-order valence-electron chi connectivity index (χ4n) is 2.34. The largest absolute Gasteiger partial charge is 0.497 e. The summed E-state index contributed by atoms with van der Waals surface area (Å²) in [7, 11) is 1.62. The van der Waals surface area contributed by atoms with Crippen molar-refractivity contribution < 1.29 is 22.6 Å². The van der Waals surface area contributed by atoms with Crippen LogP contribution < -0.4 is 20.1 Å². The van der Waals surface area contributed by atoms with Gasteiger partial charge in [0.25, 0.3) is 0 Å². The monoisotopic (exact) mass is 395 g/mol. The van der Waals surface area contributed by atoms with Crippen molar-refractivity contribution >= 4 is 5.96 Å². The van der Waals surface area contributed by atoms with Crippen molar-refractivity contribution in [1.82, 2.24) is 10.6 Å². The van der Waals surface area contributed by atoms with Gasteiger partial charge in [0.15, 0.2) is 12.6 Å². The van der Waals surface area contributed by atoms with Gasteiger partial charge in [0.2, 0.25) is 0 Å². The molecular formula is C20H24F3N3O2. The number of methoxy groups -OCH3 is 1. The van der Waals surface area contributed by atoms with Crippen LogP contribution in [0.4, 0.5) is 13.2 Å². The molecule has 2 N–H and O–H groups in total. The van der Waals surface area contributed by atoms with E-state index in [2.05, 4.69) is 15.6 Å². The zero-order valence-corrected chi connectivity index (χ0v) is 15.8. The first kappa shape index (κ1) is 21.4. The Morgan fingerprint density at radius 3 is 2.39 bits per heavy atom. The van der Waals surface area contributed by atoms with E-state index in [4.69, 9.17) is 9.47 Å². The van der Waals surface area contributed by atoms with Crippen molar-refractivity contribution in [3.05, 3.63) is 59.7 Å². The lowest BCUT2D eigenvalue weighted by Crippen LogP contribution is -2.36. The van der Waals surface area contributed by atoms with Crippen molar-refractivity contribution in [2.75, 3.05) is 20.3 Å². The minimum atomic E-state index is -4.36. The maximum absolute atomic E-state index is 12.3. The van der Waals surface area contributed by atoms with Crippen LogP contribution in [-0.2, 0) is 13.1 Å². The van der Waals surface area contributed by atoms with Gasteiger partial charge < -0.3 is 20.1 Å². The maximum atomic E-state index is 12.3. The minimum Gasteiger partial charge on any atom is -0.497 e. The number of benzene rings is 2. The lowest BCUT2D eigenvalue weighted by molar-refractivity contribution is -0.153. The van der Waals surface area contributed by atoms with Gasteiger partial charge >= 0.3 is 6.18 Å². The summed E-state index contributed by atoms with van der Waals surface area (Å²) in [5, 5.41) is 6.36. The van der Waals surface area contributed by atoms with Crippen molar-refractivity contribution in [1.29, 1.82) is 0 Å². The van der Waals surface area contributed by atoms with Crippen molar-refractivity contribution in [3.8, 4) is 11.5 Å². The number of aliphatic imine (C=N–C) groups is 1. The van der Waals surface area contributed by atoms with Crippen LogP contribution in [0.15, 0.2) is 53.5 Å². The summed E-state index contributed by atoms with van der Waals surface area (Å²) in [5.74, 6) is 1.57. The summed E-state index contributed by atoms with van der Waals surface area (Å²) in [6, 6.07) is 14.2. The van der Waals surface area contributed by atoms with Crippen molar-refractivity contribution in [2.24, 2.45) is 4.99 Å². The standard InChI is InChI=1S/C20H24F3N3O2/c1-3-24-19(25-12-15-7-9-17(27-2)10-8-15)26-13-16-5-4-6-18(11-16)28-14-20(21,22)23/h4-11H,3,12-14H2,1-2H3,(H2,24,25,26). The van der Waals surface area contributed by atoms with Crippen LogP contribution in [0, 0.1) is 0 Å². The van der Waals surface area contributed by atoms with Crippen LogP contribution in [0.25, 0.3) is 0 Å². The molecular weight excluding hydrogens is 371 g/mol. The van der Waals surface area contributed by atoms with Crippen LogP contribution >= 0.6 is 0 Å². The highest BCUT2D eigenvalue weighted by Gasteiger charge is 2.28. The van der Waals surface area contributed by atoms with E-state index in [1.54, 1.807) is 25.3 Å². The third kappa shape index (κ3) is 7.77. The summed E-state index contributed by atoms with van der Waals surface area (Å²) in [6.45, 7) is 2.21. The van der Waals surface area contributed by atoms with Gasteiger partial charge in [-0.15, -0.1) is 0 Å². The van der Waals surface area contributed by atoms with E-state index in [0.717, 1.165) is 16.9 Å². The zero-order valence-electron chi connectivity index (χ0n) is 15.8. The third-order valence-corrected chi connectivity index (χ3v) is 3.68. The Morgan fingerprint density at radius 1 is 1.00 bits per heavy atom. The second kappa shape index (κ2) is 10.4. The third-order valence-electron chi connectivity index (χ3n) is 3.68. The van der Waals surface area contributed by atoms with Gasteiger partial charge in [-0.1, -0.05) is 24.3 Å². The quantitative estimate of drug-likeness (QED) is 0.526. The molecule has 0 amide bonds. The summed E-state index contributed by atoms with van der Waals surface area (Å²) in [4.78, 5) is 4.47. The predicted octanol–water partition coefficient (Wildman–Crippen LogP) is 3.89. The SMILES string of the molecule is CCNC(=NCc1cccc(OCC(F)(F)F)c1)NCc1ccc(OC)cc1. The summed E-state index contributed by atoms with van der Waals surface area (Å²) in [6.07, 6.45) is -4.36. The molecule has 0 bridgehead atoms. The first-order chi connectivity index (χ1) is 13.4. The average molecular weight is 395 g/mol. The number of rotatable bonds is 8. The molecule has 0 heterocycles. The number of alkyl halides is 3. The summed E-state index contributed by atoms with van der Waals surface area (Å²) in [5.41, 5.74) is 1.82. The Bertz CT molecular complexity index is 762. The maximum Gasteiger partial charge on any atom is 0.422 e. The van der Waals surface area contributed by atoms with Gasteiger partial charge in [0.1, 0.15) is 11.5 Å². The van der Waals surface area contributed by atoms with E-state index >= 15 is 0 Å². The smallest absolute Gasteiger partial charge is 0.422 e. The Kier molecular flexibility index (Phi) is 7.98. The number of hydrogen-bond donors (Lipinski definition) is 2. The molecule has 0 unspecified atom stereocenters. The molecule has 0 saturated heterocycles. The van der Waals surface area contributed by atoms with E-state index in [1.165, 1.54) is 6.07 Å². The number of nitrogens with one attached hydrogen (secondary N) is 2. The molecule has 2 aromatic rings. The van der Waals surface area contributed by atoms with E-state index in [1.807, 2.05) is 31.2 Å². The van der Waals surface area contributed by atoms with Gasteiger partial charge in [-0.25, -0.2) is 4.99 Å². The molecule has 8 heteroatoms. The van der Waals surface area contributed by atoms with Crippen molar-refractivity contribution in [3.63, 3.8) is 0 Å². The lowest BCUT2D eigenvalue weighted by atomic mass is 10.2. The second-order valence-electron chi connectivity index (χ2n) is 5.95. The molecule has 2 aromatic carbocycles. The van der Waals surface area contributed by atoms with Gasteiger partial charge in [0.05, 0.1) is 13.7 Å². The highest BCUT2D eigenvalue weighted by Crippen LogP contribution is 2.19. The van der Waals surface area contributed by atoms with E-state index in [-0.39, 0.29) is 5.75 Å². The Hall–Kier alpha value is -2.90. The Labute approximate surface area is 162 Å². The zero-order chi connectivity index (χ0) is 20.4. The van der Waals surface area contributed by atoms with Crippen LogP contribution in [0.1, 0.15) is 18.1 Å². The van der Waals surface area contributed by atoms with Crippen LogP contribution in [0.3, 0.4) is 0 Å². The second-order valence-corrected chi connectivity index (χ2v) is 5.95. The van der Waals surface area contributed by atoms with E-state index in [0.29, 0.717) is 25.6 Å².